The van der Waals surface area contributed by atoms with Gasteiger partial charge in [0.05, 0.1) is 13.2 Å². The highest BCUT2D eigenvalue weighted by atomic mass is 35.5. The van der Waals surface area contributed by atoms with Crippen LogP contribution in [0.3, 0.4) is 0 Å². The highest BCUT2D eigenvalue weighted by Crippen LogP contribution is 2.20. The molecule has 142 valence electrons. The molecule has 1 aromatic carbocycles. The maximum absolute atomic E-state index is 12.5. The van der Waals surface area contributed by atoms with Crippen LogP contribution in [0.1, 0.15) is 6.92 Å². The standard InChI is InChI=1S/C18H25ClN4O3/c1-14(17(24)22-9-11-26-12-10-22)20-18(25)23-7-5-21(6-8-23)16-4-2-3-15(19)13-16/h2-4,13-14H,5-12H2,1H3,(H,20,25)/t14-/m1/s1. The van der Waals surface area contributed by atoms with E-state index in [1.165, 1.54) is 0 Å². The molecule has 1 N–H and O–H groups in total. The van der Waals surface area contributed by atoms with Crippen LogP contribution in [0.4, 0.5) is 10.5 Å². The van der Waals surface area contributed by atoms with Crippen LogP contribution in [-0.4, -0.2) is 80.3 Å². The molecule has 0 unspecified atom stereocenters. The molecule has 0 bridgehead atoms. The molecule has 2 aliphatic rings. The minimum absolute atomic E-state index is 0.0563. The van der Waals surface area contributed by atoms with E-state index in [0.29, 0.717) is 44.4 Å². The monoisotopic (exact) mass is 380 g/mol. The molecule has 0 spiro atoms. The number of rotatable bonds is 3. The zero-order valence-corrected chi connectivity index (χ0v) is 15.7. The smallest absolute Gasteiger partial charge is 0.318 e. The second kappa shape index (κ2) is 8.60. The summed E-state index contributed by atoms with van der Waals surface area (Å²) in [6, 6.07) is 7.00. The average Bonchev–Trinajstić information content (AvgIpc) is 2.68. The lowest BCUT2D eigenvalue weighted by Crippen LogP contribution is -2.56. The van der Waals surface area contributed by atoms with Gasteiger partial charge in [0, 0.05) is 50.0 Å². The molecule has 0 saturated carbocycles. The molecule has 3 rings (SSSR count). The van der Waals surface area contributed by atoms with Crippen LogP contribution in [0.2, 0.25) is 5.02 Å². The van der Waals surface area contributed by atoms with E-state index in [4.69, 9.17) is 16.3 Å². The highest BCUT2D eigenvalue weighted by Gasteiger charge is 2.27. The number of anilines is 1. The summed E-state index contributed by atoms with van der Waals surface area (Å²) in [4.78, 5) is 30.6. The molecule has 8 heteroatoms. The Kier molecular flexibility index (Phi) is 6.21. The lowest BCUT2D eigenvalue weighted by atomic mass is 10.2. The maximum atomic E-state index is 12.5. The SMILES string of the molecule is C[C@@H](NC(=O)N1CCN(c2cccc(Cl)c2)CC1)C(=O)N1CCOCC1. The first-order valence-corrected chi connectivity index (χ1v) is 9.35. The Labute approximate surface area is 158 Å². The quantitative estimate of drug-likeness (QED) is 0.861. The number of halogens is 1. The average molecular weight is 381 g/mol. The fourth-order valence-electron chi connectivity index (χ4n) is 3.24. The van der Waals surface area contributed by atoms with Gasteiger partial charge in [-0.25, -0.2) is 4.79 Å². The Balaban J connectivity index is 1.48. The Bertz CT molecular complexity index is 643. The lowest BCUT2D eigenvalue weighted by Gasteiger charge is -2.37. The van der Waals surface area contributed by atoms with Crippen molar-refractivity contribution in [3.8, 4) is 0 Å². The molecule has 2 aliphatic heterocycles. The first kappa shape index (κ1) is 18.8. The molecule has 3 amide bonds. The Hall–Kier alpha value is -1.99. The highest BCUT2D eigenvalue weighted by molar-refractivity contribution is 6.30. The summed E-state index contributed by atoms with van der Waals surface area (Å²) in [7, 11) is 0. The van der Waals surface area contributed by atoms with Gasteiger partial charge < -0.3 is 24.8 Å². The predicted molar refractivity (Wildman–Crippen MR) is 101 cm³/mol. The molecule has 0 radical (unpaired) electrons. The van der Waals surface area contributed by atoms with Crippen LogP contribution in [0, 0.1) is 0 Å². The van der Waals surface area contributed by atoms with Crippen LogP contribution in [0.25, 0.3) is 0 Å². The number of hydrogen-bond acceptors (Lipinski definition) is 4. The maximum Gasteiger partial charge on any atom is 0.318 e. The summed E-state index contributed by atoms with van der Waals surface area (Å²) in [6.07, 6.45) is 0. The molecule has 0 aromatic heterocycles. The normalized spacial score (nSPS) is 19.2. The zero-order valence-electron chi connectivity index (χ0n) is 15.0. The number of hydrogen-bond donors (Lipinski definition) is 1. The van der Waals surface area contributed by atoms with Gasteiger partial charge in [-0.1, -0.05) is 17.7 Å². The minimum Gasteiger partial charge on any atom is -0.378 e. The van der Waals surface area contributed by atoms with Crippen molar-refractivity contribution in [1.82, 2.24) is 15.1 Å². The summed E-state index contributed by atoms with van der Waals surface area (Å²) < 4.78 is 5.26. The van der Waals surface area contributed by atoms with Crippen molar-refractivity contribution in [2.75, 3.05) is 57.4 Å². The fraction of sp³-hybridized carbons (Fsp3) is 0.556. The van der Waals surface area contributed by atoms with E-state index >= 15 is 0 Å². The molecule has 2 saturated heterocycles. The predicted octanol–water partition coefficient (Wildman–Crippen LogP) is 1.42. The topological polar surface area (TPSA) is 65.1 Å². The summed E-state index contributed by atoms with van der Waals surface area (Å²) in [5.41, 5.74) is 1.06. The number of morpholine rings is 1. The van der Waals surface area contributed by atoms with Crippen molar-refractivity contribution in [1.29, 1.82) is 0 Å². The van der Waals surface area contributed by atoms with E-state index in [1.54, 1.807) is 16.7 Å². The molecule has 26 heavy (non-hydrogen) atoms. The number of piperazine rings is 1. The van der Waals surface area contributed by atoms with Gasteiger partial charge in [-0.05, 0) is 25.1 Å². The van der Waals surface area contributed by atoms with Crippen LogP contribution < -0.4 is 10.2 Å². The third kappa shape index (κ3) is 4.59. The Morgan fingerprint density at radius 3 is 2.42 bits per heavy atom. The Morgan fingerprint density at radius 1 is 1.08 bits per heavy atom. The van der Waals surface area contributed by atoms with Gasteiger partial charge in [0.15, 0.2) is 0 Å². The van der Waals surface area contributed by atoms with Gasteiger partial charge >= 0.3 is 6.03 Å². The summed E-state index contributed by atoms with van der Waals surface area (Å²) in [6.45, 7) is 6.69. The first-order chi connectivity index (χ1) is 12.5. The molecule has 2 heterocycles. The van der Waals surface area contributed by atoms with Crippen molar-refractivity contribution in [3.05, 3.63) is 29.3 Å². The van der Waals surface area contributed by atoms with Crippen LogP contribution in [0.5, 0.6) is 0 Å². The third-order valence-electron chi connectivity index (χ3n) is 4.77. The van der Waals surface area contributed by atoms with Gasteiger partial charge in [0.2, 0.25) is 5.91 Å². The van der Waals surface area contributed by atoms with Gasteiger partial charge in [0.1, 0.15) is 6.04 Å². The second-order valence-electron chi connectivity index (χ2n) is 6.56. The van der Waals surface area contributed by atoms with Crippen molar-refractivity contribution >= 4 is 29.2 Å². The van der Waals surface area contributed by atoms with Gasteiger partial charge in [-0.15, -0.1) is 0 Å². The molecule has 1 aromatic rings. The largest absolute Gasteiger partial charge is 0.378 e. The number of benzene rings is 1. The molecule has 2 fully saturated rings. The number of nitrogens with zero attached hydrogens (tertiary/aromatic N) is 3. The van der Waals surface area contributed by atoms with E-state index in [1.807, 2.05) is 24.3 Å². The molecule has 0 aliphatic carbocycles. The van der Waals surface area contributed by atoms with Gasteiger partial charge in [0.25, 0.3) is 0 Å². The molecule has 1 atom stereocenters. The van der Waals surface area contributed by atoms with E-state index < -0.39 is 6.04 Å². The number of carbonyl (C=O) groups is 2. The van der Waals surface area contributed by atoms with Crippen molar-refractivity contribution in [3.63, 3.8) is 0 Å². The molecular formula is C18H25ClN4O3. The zero-order chi connectivity index (χ0) is 18.5. The summed E-state index contributed by atoms with van der Waals surface area (Å²) >= 11 is 6.05. The van der Waals surface area contributed by atoms with Crippen LogP contribution in [0.15, 0.2) is 24.3 Å². The van der Waals surface area contributed by atoms with E-state index in [9.17, 15) is 9.59 Å². The van der Waals surface area contributed by atoms with Crippen LogP contribution >= 0.6 is 11.6 Å². The van der Waals surface area contributed by atoms with Gasteiger partial charge in [-0.3, -0.25) is 4.79 Å². The van der Waals surface area contributed by atoms with Crippen molar-refractivity contribution in [2.24, 2.45) is 0 Å². The number of amides is 3. The van der Waals surface area contributed by atoms with E-state index in [0.717, 1.165) is 18.8 Å². The van der Waals surface area contributed by atoms with Crippen LogP contribution in [-0.2, 0) is 9.53 Å². The summed E-state index contributed by atoms with van der Waals surface area (Å²) in [5.74, 6) is -0.0563. The minimum atomic E-state index is -0.536. The number of ether oxygens (including phenoxy) is 1. The fourth-order valence-corrected chi connectivity index (χ4v) is 3.42. The molecular weight excluding hydrogens is 356 g/mol. The van der Waals surface area contributed by atoms with Crippen molar-refractivity contribution < 1.29 is 14.3 Å². The first-order valence-electron chi connectivity index (χ1n) is 8.97. The number of nitrogens with one attached hydrogen (secondary N) is 1. The van der Waals surface area contributed by atoms with E-state index in [-0.39, 0.29) is 11.9 Å². The third-order valence-corrected chi connectivity index (χ3v) is 5.01. The van der Waals surface area contributed by atoms with E-state index in [2.05, 4.69) is 10.2 Å². The van der Waals surface area contributed by atoms with Gasteiger partial charge in [-0.2, -0.15) is 0 Å². The number of urea groups is 1. The number of carbonyl (C=O) groups excluding carboxylic acids is 2. The Morgan fingerprint density at radius 2 is 1.77 bits per heavy atom. The summed E-state index contributed by atoms with van der Waals surface area (Å²) in [5, 5.41) is 3.53. The molecule has 7 nitrogen and oxygen atoms in total. The second-order valence-corrected chi connectivity index (χ2v) is 7.00. The van der Waals surface area contributed by atoms with Crippen molar-refractivity contribution in [2.45, 2.75) is 13.0 Å². The lowest BCUT2D eigenvalue weighted by molar-refractivity contribution is -0.136.